The van der Waals surface area contributed by atoms with Crippen molar-refractivity contribution in [2.45, 2.75) is 31.8 Å². The van der Waals surface area contributed by atoms with Crippen LogP contribution in [0.1, 0.15) is 18.4 Å². The second kappa shape index (κ2) is 5.08. The molecule has 2 heterocycles. The van der Waals surface area contributed by atoms with Gasteiger partial charge < -0.3 is 14.4 Å². The van der Waals surface area contributed by atoms with Gasteiger partial charge in [-0.15, -0.1) is 0 Å². The van der Waals surface area contributed by atoms with Crippen LogP contribution in [0.2, 0.25) is 0 Å². The number of rotatable bonds is 5. The number of fused-ring (bicyclic) bond motifs is 1. The maximum Gasteiger partial charge on any atom is 0.229 e. The van der Waals surface area contributed by atoms with E-state index in [-0.39, 0.29) is 18.2 Å². The Labute approximate surface area is 106 Å². The summed E-state index contributed by atoms with van der Waals surface area (Å²) in [4.78, 5) is 13.0. The van der Waals surface area contributed by atoms with Gasteiger partial charge in [0.25, 0.3) is 0 Å². The number of amides is 1. The molecule has 0 aromatic heterocycles. The summed E-state index contributed by atoms with van der Waals surface area (Å²) < 4.78 is 11.3. The van der Waals surface area contributed by atoms with Gasteiger partial charge in [-0.2, -0.15) is 0 Å². The topological polar surface area (TPSA) is 38.8 Å². The van der Waals surface area contributed by atoms with Crippen LogP contribution in [0.25, 0.3) is 0 Å². The van der Waals surface area contributed by atoms with E-state index < -0.39 is 0 Å². The van der Waals surface area contributed by atoms with E-state index in [4.69, 9.17) is 9.47 Å². The van der Waals surface area contributed by atoms with Gasteiger partial charge in [-0.3, -0.25) is 4.79 Å². The molecule has 3 rings (SSSR count). The van der Waals surface area contributed by atoms with Crippen molar-refractivity contribution in [1.29, 1.82) is 0 Å². The van der Waals surface area contributed by atoms with E-state index in [0.717, 1.165) is 13.0 Å². The number of carbonyl (C=O) groups is 1. The summed E-state index contributed by atoms with van der Waals surface area (Å²) in [5.74, 6) is 0.215. The van der Waals surface area contributed by atoms with Crippen molar-refractivity contribution >= 4 is 5.91 Å². The standard InChI is InChI=1S/C14H17NO3/c16-13-8-14-15(13)9-12(18-14)6-7-17-10-11-4-2-1-3-5-11/h1-5,12,14H,6-10H2/t12-,14-/m0/s1. The molecule has 0 radical (unpaired) electrons. The molecule has 2 aliphatic rings. The normalized spacial score (nSPS) is 26.0. The minimum absolute atomic E-state index is 0.0524. The minimum Gasteiger partial charge on any atom is -0.377 e. The fourth-order valence-corrected chi connectivity index (χ4v) is 2.39. The van der Waals surface area contributed by atoms with Crippen LogP contribution < -0.4 is 0 Å². The highest BCUT2D eigenvalue weighted by atomic mass is 16.5. The van der Waals surface area contributed by atoms with Crippen LogP contribution in [-0.4, -0.2) is 36.3 Å². The summed E-state index contributed by atoms with van der Waals surface area (Å²) in [5.41, 5.74) is 1.18. The first-order chi connectivity index (χ1) is 8.83. The third-order valence-electron chi connectivity index (χ3n) is 3.46. The van der Waals surface area contributed by atoms with Crippen LogP contribution in [-0.2, 0) is 20.9 Å². The van der Waals surface area contributed by atoms with E-state index in [2.05, 4.69) is 12.1 Å². The van der Waals surface area contributed by atoms with E-state index in [1.165, 1.54) is 5.56 Å². The molecule has 2 atom stereocenters. The average Bonchev–Trinajstić information content (AvgIpc) is 2.73. The van der Waals surface area contributed by atoms with Crippen LogP contribution in [0.15, 0.2) is 30.3 Å². The Hall–Kier alpha value is -1.39. The predicted molar refractivity (Wildman–Crippen MR) is 65.7 cm³/mol. The quantitative estimate of drug-likeness (QED) is 0.585. The van der Waals surface area contributed by atoms with Crippen molar-refractivity contribution in [3.63, 3.8) is 0 Å². The lowest BCUT2D eigenvalue weighted by Gasteiger charge is -2.31. The van der Waals surface area contributed by atoms with Gasteiger partial charge in [0.1, 0.15) is 6.23 Å². The van der Waals surface area contributed by atoms with Crippen LogP contribution in [0, 0.1) is 0 Å². The maximum absolute atomic E-state index is 11.2. The van der Waals surface area contributed by atoms with Crippen LogP contribution in [0.3, 0.4) is 0 Å². The molecule has 2 saturated heterocycles. The molecule has 1 aromatic rings. The van der Waals surface area contributed by atoms with Crippen molar-refractivity contribution in [2.24, 2.45) is 0 Å². The highest BCUT2D eigenvalue weighted by Gasteiger charge is 2.44. The lowest BCUT2D eigenvalue weighted by Crippen LogP contribution is -2.48. The van der Waals surface area contributed by atoms with E-state index in [0.29, 0.717) is 19.6 Å². The number of benzene rings is 1. The summed E-state index contributed by atoms with van der Waals surface area (Å²) in [5, 5.41) is 0. The summed E-state index contributed by atoms with van der Waals surface area (Å²) >= 11 is 0. The Morgan fingerprint density at radius 3 is 2.89 bits per heavy atom. The van der Waals surface area contributed by atoms with Crippen molar-refractivity contribution in [3.8, 4) is 0 Å². The molecular weight excluding hydrogens is 230 g/mol. The van der Waals surface area contributed by atoms with Crippen molar-refractivity contribution in [1.82, 2.24) is 4.90 Å². The third-order valence-corrected chi connectivity index (χ3v) is 3.46. The zero-order chi connectivity index (χ0) is 12.4. The second-order valence-electron chi connectivity index (χ2n) is 4.79. The number of nitrogens with zero attached hydrogens (tertiary/aromatic N) is 1. The fourth-order valence-electron chi connectivity index (χ4n) is 2.39. The zero-order valence-electron chi connectivity index (χ0n) is 10.2. The van der Waals surface area contributed by atoms with E-state index in [1.807, 2.05) is 23.1 Å². The lowest BCUT2D eigenvalue weighted by molar-refractivity contribution is -0.156. The predicted octanol–water partition coefficient (Wildman–Crippen LogP) is 1.55. The summed E-state index contributed by atoms with van der Waals surface area (Å²) in [7, 11) is 0. The van der Waals surface area contributed by atoms with Gasteiger partial charge in [0, 0.05) is 13.2 Å². The monoisotopic (exact) mass is 247 g/mol. The van der Waals surface area contributed by atoms with Gasteiger partial charge in [0.2, 0.25) is 5.91 Å². The first kappa shape index (κ1) is 11.7. The van der Waals surface area contributed by atoms with E-state index in [9.17, 15) is 4.79 Å². The molecule has 0 unspecified atom stereocenters. The summed E-state index contributed by atoms with van der Waals surface area (Å²) in [6.07, 6.45) is 1.61. The lowest BCUT2D eigenvalue weighted by atomic mass is 10.2. The second-order valence-corrected chi connectivity index (χ2v) is 4.79. The summed E-state index contributed by atoms with van der Waals surface area (Å²) in [6, 6.07) is 10.1. The van der Waals surface area contributed by atoms with Gasteiger partial charge in [0.05, 0.1) is 19.1 Å². The van der Waals surface area contributed by atoms with Crippen molar-refractivity contribution < 1.29 is 14.3 Å². The molecule has 4 nitrogen and oxygen atoms in total. The molecule has 2 aliphatic heterocycles. The molecule has 4 heteroatoms. The van der Waals surface area contributed by atoms with Crippen molar-refractivity contribution in [2.75, 3.05) is 13.2 Å². The van der Waals surface area contributed by atoms with Crippen LogP contribution in [0.4, 0.5) is 0 Å². The SMILES string of the molecule is O=C1C[C@@H]2O[C@@H](CCOCc3ccccc3)CN12. The largest absolute Gasteiger partial charge is 0.377 e. The molecule has 2 fully saturated rings. The first-order valence-corrected chi connectivity index (χ1v) is 6.39. The molecule has 0 N–H and O–H groups in total. The molecule has 96 valence electrons. The van der Waals surface area contributed by atoms with Gasteiger partial charge in [-0.05, 0) is 12.0 Å². The molecule has 0 bridgehead atoms. The van der Waals surface area contributed by atoms with Crippen LogP contribution >= 0.6 is 0 Å². The zero-order valence-corrected chi connectivity index (χ0v) is 10.2. The van der Waals surface area contributed by atoms with Gasteiger partial charge >= 0.3 is 0 Å². The molecule has 0 saturated carbocycles. The highest BCUT2D eigenvalue weighted by Crippen LogP contribution is 2.29. The average molecular weight is 247 g/mol. The third kappa shape index (κ3) is 2.40. The molecule has 0 aliphatic carbocycles. The number of hydrogen-bond donors (Lipinski definition) is 0. The van der Waals surface area contributed by atoms with Crippen LogP contribution in [0.5, 0.6) is 0 Å². The molecule has 18 heavy (non-hydrogen) atoms. The van der Waals surface area contributed by atoms with Gasteiger partial charge in [-0.1, -0.05) is 30.3 Å². The van der Waals surface area contributed by atoms with E-state index in [1.54, 1.807) is 0 Å². The summed E-state index contributed by atoms with van der Waals surface area (Å²) in [6.45, 7) is 2.05. The first-order valence-electron chi connectivity index (χ1n) is 6.39. The Kier molecular flexibility index (Phi) is 3.30. The Balaban J connectivity index is 1.35. The number of β-lactam (4-membered cyclic amide) rings is 1. The number of carbonyl (C=O) groups excluding carboxylic acids is 1. The van der Waals surface area contributed by atoms with E-state index >= 15 is 0 Å². The maximum atomic E-state index is 11.2. The number of hydrogen-bond acceptors (Lipinski definition) is 3. The molecule has 1 amide bonds. The number of ether oxygens (including phenoxy) is 2. The smallest absolute Gasteiger partial charge is 0.229 e. The Morgan fingerprint density at radius 1 is 1.33 bits per heavy atom. The molecule has 0 spiro atoms. The molecule has 1 aromatic carbocycles. The minimum atomic E-state index is 0.0524. The van der Waals surface area contributed by atoms with Gasteiger partial charge in [0.15, 0.2) is 0 Å². The fraction of sp³-hybridized carbons (Fsp3) is 0.500. The van der Waals surface area contributed by atoms with Gasteiger partial charge in [-0.25, -0.2) is 0 Å². The highest BCUT2D eigenvalue weighted by molar-refractivity contribution is 5.82. The Morgan fingerprint density at radius 2 is 2.17 bits per heavy atom. The van der Waals surface area contributed by atoms with Crippen molar-refractivity contribution in [3.05, 3.63) is 35.9 Å². The molecular formula is C14H17NO3. The Bertz CT molecular complexity index is 420.